The normalized spacial score (nSPS) is 16.0. The van der Waals surface area contributed by atoms with Gasteiger partial charge >= 0.3 is 12.6 Å². The van der Waals surface area contributed by atoms with Crippen LogP contribution in [0.15, 0.2) is 48.5 Å². The number of ether oxygens (including phenoxy) is 1. The molecule has 2 N–H and O–H groups in total. The second-order valence-corrected chi connectivity index (χ2v) is 6.00. The van der Waals surface area contributed by atoms with Crippen molar-refractivity contribution >= 4 is 23.3 Å². The predicted molar refractivity (Wildman–Crippen MR) is 100 cm³/mol. The van der Waals surface area contributed by atoms with Crippen molar-refractivity contribution in [2.45, 2.75) is 19.1 Å². The second kappa shape index (κ2) is 8.39. The van der Waals surface area contributed by atoms with Gasteiger partial charge in [-0.2, -0.15) is 8.78 Å². The molecule has 1 aliphatic rings. The topological polar surface area (TPSA) is 70.7 Å². The number of halogens is 2. The van der Waals surface area contributed by atoms with Gasteiger partial charge in [-0.1, -0.05) is 24.1 Å². The Morgan fingerprint density at radius 1 is 1.25 bits per heavy atom. The van der Waals surface area contributed by atoms with Crippen LogP contribution in [0.25, 0.3) is 0 Å². The van der Waals surface area contributed by atoms with E-state index in [1.807, 2.05) is 0 Å². The van der Waals surface area contributed by atoms with Crippen molar-refractivity contribution in [3.05, 3.63) is 54.1 Å². The van der Waals surface area contributed by atoms with Crippen molar-refractivity contribution in [2.24, 2.45) is 0 Å². The minimum absolute atomic E-state index is 0.0953. The van der Waals surface area contributed by atoms with Gasteiger partial charge in [0.1, 0.15) is 11.8 Å². The Hall–Kier alpha value is -3.60. The maximum atomic E-state index is 12.6. The van der Waals surface area contributed by atoms with E-state index in [-0.39, 0.29) is 18.0 Å². The Morgan fingerprint density at radius 2 is 2.04 bits per heavy atom. The maximum absolute atomic E-state index is 12.6. The minimum Gasteiger partial charge on any atom is -0.433 e. The van der Waals surface area contributed by atoms with Gasteiger partial charge in [-0.15, -0.1) is 6.42 Å². The molecular formula is C20H17F2N3O3. The molecule has 0 aromatic heterocycles. The van der Waals surface area contributed by atoms with Gasteiger partial charge in [0.25, 0.3) is 0 Å². The predicted octanol–water partition coefficient (Wildman–Crippen LogP) is 3.20. The number of hydrogen-bond donors (Lipinski definition) is 2. The molecule has 0 spiro atoms. The van der Waals surface area contributed by atoms with Crippen LogP contribution in [0.2, 0.25) is 0 Å². The number of para-hydroxylation sites is 2. The van der Waals surface area contributed by atoms with Crippen LogP contribution in [-0.4, -0.2) is 31.1 Å². The van der Waals surface area contributed by atoms with Crippen molar-refractivity contribution in [3.8, 4) is 18.1 Å². The standard InChI is InChI=1S/C20H17F2N3O3/c1-2-13-6-5-7-14(12-13)23-20(27)24-15-10-11-25(18(15)26)16-8-3-4-9-17(16)28-19(21)22/h1,3-9,12,15,19H,10-11H2,(H2,23,24,27). The number of nitrogens with one attached hydrogen (secondary N) is 2. The summed E-state index contributed by atoms with van der Waals surface area (Å²) in [6, 6.07) is 11.4. The number of benzene rings is 2. The smallest absolute Gasteiger partial charge is 0.387 e. The molecule has 1 saturated heterocycles. The summed E-state index contributed by atoms with van der Waals surface area (Å²) in [6.45, 7) is -2.74. The zero-order valence-corrected chi connectivity index (χ0v) is 14.7. The van der Waals surface area contributed by atoms with Crippen molar-refractivity contribution in [2.75, 3.05) is 16.8 Å². The highest BCUT2D eigenvalue weighted by Gasteiger charge is 2.35. The fraction of sp³-hybridized carbons (Fsp3) is 0.200. The number of alkyl halides is 2. The highest BCUT2D eigenvalue weighted by atomic mass is 19.3. The third kappa shape index (κ3) is 4.38. The van der Waals surface area contributed by atoms with Crippen LogP contribution in [0, 0.1) is 12.3 Å². The Labute approximate surface area is 160 Å². The molecule has 28 heavy (non-hydrogen) atoms. The van der Waals surface area contributed by atoms with Gasteiger partial charge in [-0.05, 0) is 36.8 Å². The van der Waals surface area contributed by atoms with Crippen LogP contribution in [0.5, 0.6) is 5.75 Å². The molecule has 1 heterocycles. The third-order valence-corrected chi connectivity index (χ3v) is 4.17. The van der Waals surface area contributed by atoms with E-state index in [0.29, 0.717) is 17.7 Å². The summed E-state index contributed by atoms with van der Waals surface area (Å²) in [5.41, 5.74) is 1.33. The van der Waals surface area contributed by atoms with Crippen LogP contribution in [0.3, 0.4) is 0 Å². The molecule has 0 aliphatic carbocycles. The van der Waals surface area contributed by atoms with Crippen molar-refractivity contribution in [1.82, 2.24) is 5.32 Å². The average Bonchev–Trinajstić information content (AvgIpc) is 3.02. The summed E-state index contributed by atoms with van der Waals surface area (Å²) in [6.07, 6.45) is 5.66. The number of hydrogen-bond acceptors (Lipinski definition) is 3. The zero-order valence-electron chi connectivity index (χ0n) is 14.7. The van der Waals surface area contributed by atoms with Gasteiger partial charge in [0.2, 0.25) is 5.91 Å². The molecule has 2 aromatic rings. The lowest BCUT2D eigenvalue weighted by atomic mass is 10.2. The lowest BCUT2D eigenvalue weighted by Gasteiger charge is -2.20. The molecule has 8 heteroatoms. The molecule has 0 bridgehead atoms. The Morgan fingerprint density at radius 3 is 2.79 bits per heavy atom. The van der Waals surface area contributed by atoms with Crippen LogP contribution in [-0.2, 0) is 4.79 Å². The van der Waals surface area contributed by atoms with Crippen LogP contribution in [0.4, 0.5) is 25.0 Å². The number of carbonyl (C=O) groups excluding carboxylic acids is 2. The van der Waals surface area contributed by atoms with Gasteiger partial charge in [0.05, 0.1) is 5.69 Å². The molecule has 1 fully saturated rings. The summed E-state index contributed by atoms with van der Waals surface area (Å²) < 4.78 is 29.7. The van der Waals surface area contributed by atoms with E-state index >= 15 is 0 Å². The van der Waals surface area contributed by atoms with E-state index in [9.17, 15) is 18.4 Å². The molecule has 0 saturated carbocycles. The van der Waals surface area contributed by atoms with Gasteiger partial charge < -0.3 is 20.3 Å². The number of amides is 3. The molecule has 0 radical (unpaired) electrons. The van der Waals surface area contributed by atoms with Gasteiger partial charge in [-0.25, -0.2) is 4.79 Å². The van der Waals surface area contributed by atoms with Crippen molar-refractivity contribution < 1.29 is 23.1 Å². The molecule has 6 nitrogen and oxygen atoms in total. The summed E-state index contributed by atoms with van der Waals surface area (Å²) in [5, 5.41) is 5.21. The van der Waals surface area contributed by atoms with Crippen LogP contribution < -0.4 is 20.3 Å². The summed E-state index contributed by atoms with van der Waals surface area (Å²) in [4.78, 5) is 26.2. The summed E-state index contributed by atoms with van der Waals surface area (Å²) in [5.74, 6) is 1.97. The maximum Gasteiger partial charge on any atom is 0.387 e. The molecule has 2 aromatic carbocycles. The summed E-state index contributed by atoms with van der Waals surface area (Å²) in [7, 11) is 0. The molecule has 3 amide bonds. The van der Waals surface area contributed by atoms with Crippen molar-refractivity contribution in [1.29, 1.82) is 0 Å². The fourth-order valence-electron chi connectivity index (χ4n) is 2.94. The van der Waals surface area contributed by atoms with E-state index in [1.165, 1.54) is 23.1 Å². The first kappa shape index (κ1) is 19.2. The number of rotatable bonds is 5. The molecular weight excluding hydrogens is 368 g/mol. The quantitative estimate of drug-likeness (QED) is 0.777. The average molecular weight is 385 g/mol. The number of nitrogens with zero attached hydrogens (tertiary/aromatic N) is 1. The first-order valence-electron chi connectivity index (χ1n) is 8.47. The van der Waals surface area contributed by atoms with E-state index in [4.69, 9.17) is 6.42 Å². The lowest BCUT2D eigenvalue weighted by Crippen LogP contribution is -2.43. The lowest BCUT2D eigenvalue weighted by molar-refractivity contribution is -0.118. The second-order valence-electron chi connectivity index (χ2n) is 6.00. The van der Waals surface area contributed by atoms with Gasteiger partial charge in [0, 0.05) is 17.8 Å². The first-order valence-corrected chi connectivity index (χ1v) is 8.47. The Kier molecular flexibility index (Phi) is 5.75. The molecule has 3 rings (SSSR count). The highest BCUT2D eigenvalue weighted by molar-refractivity contribution is 6.03. The van der Waals surface area contributed by atoms with Crippen LogP contribution >= 0.6 is 0 Å². The van der Waals surface area contributed by atoms with E-state index in [1.54, 1.807) is 30.3 Å². The largest absolute Gasteiger partial charge is 0.433 e. The van der Waals surface area contributed by atoms with E-state index in [2.05, 4.69) is 21.3 Å². The first-order chi connectivity index (χ1) is 13.5. The Bertz CT molecular complexity index is 927. The van der Waals surface area contributed by atoms with Crippen molar-refractivity contribution in [3.63, 3.8) is 0 Å². The summed E-state index contributed by atoms with van der Waals surface area (Å²) >= 11 is 0. The molecule has 1 unspecified atom stereocenters. The van der Waals surface area contributed by atoms with Crippen LogP contribution in [0.1, 0.15) is 12.0 Å². The number of urea groups is 1. The Balaban J connectivity index is 1.66. The fourth-order valence-corrected chi connectivity index (χ4v) is 2.94. The van der Waals surface area contributed by atoms with Gasteiger partial charge in [0.15, 0.2) is 0 Å². The molecule has 144 valence electrons. The van der Waals surface area contributed by atoms with E-state index < -0.39 is 24.6 Å². The SMILES string of the molecule is C#Cc1cccc(NC(=O)NC2CCN(c3ccccc3OC(F)F)C2=O)c1. The number of anilines is 2. The highest BCUT2D eigenvalue weighted by Crippen LogP contribution is 2.32. The number of terminal acetylenes is 1. The zero-order chi connectivity index (χ0) is 20.1. The minimum atomic E-state index is -3.00. The van der Waals surface area contributed by atoms with E-state index in [0.717, 1.165) is 0 Å². The monoisotopic (exact) mass is 385 g/mol. The number of carbonyl (C=O) groups is 2. The third-order valence-electron chi connectivity index (χ3n) is 4.17. The van der Waals surface area contributed by atoms with Gasteiger partial charge in [-0.3, -0.25) is 4.79 Å². The molecule has 1 atom stereocenters. The molecule has 1 aliphatic heterocycles.